The summed E-state index contributed by atoms with van der Waals surface area (Å²) in [6.07, 6.45) is 0. The molecule has 0 aromatic heterocycles. The van der Waals surface area contributed by atoms with Gasteiger partial charge >= 0.3 is 0 Å². The highest BCUT2D eigenvalue weighted by atomic mass is 16.2. The largest absolute Gasteiger partial charge is 0.342 e. The van der Waals surface area contributed by atoms with Crippen molar-refractivity contribution in [1.29, 1.82) is 0 Å². The molecule has 0 aliphatic carbocycles. The Morgan fingerprint density at radius 2 is 1.67 bits per heavy atom. The number of hydrogen-bond acceptors (Lipinski definition) is 2. The average Bonchev–Trinajstić information content (AvgIpc) is 2.42. The Bertz CT molecular complexity index is 191. The van der Waals surface area contributed by atoms with Crippen LogP contribution in [0.3, 0.4) is 0 Å². The molecule has 0 bridgehead atoms. The van der Waals surface area contributed by atoms with E-state index in [1.807, 2.05) is 4.90 Å². The van der Waals surface area contributed by atoms with E-state index in [4.69, 9.17) is 0 Å². The van der Waals surface area contributed by atoms with Gasteiger partial charge in [0.2, 0.25) is 5.91 Å². The van der Waals surface area contributed by atoms with Crippen molar-refractivity contribution in [2.24, 2.45) is 11.8 Å². The van der Waals surface area contributed by atoms with E-state index in [9.17, 15) is 4.79 Å². The average molecular weight is 168 g/mol. The Balaban J connectivity index is 1.98. The maximum absolute atomic E-state index is 11.1. The molecule has 2 fully saturated rings. The maximum atomic E-state index is 11.1. The van der Waals surface area contributed by atoms with Crippen LogP contribution in [0.4, 0.5) is 0 Å². The van der Waals surface area contributed by atoms with Crippen molar-refractivity contribution in [3.05, 3.63) is 0 Å². The molecule has 12 heavy (non-hydrogen) atoms. The second-order valence-electron chi connectivity index (χ2n) is 4.17. The predicted molar refractivity (Wildman–Crippen MR) is 46.7 cm³/mol. The molecule has 2 aliphatic heterocycles. The van der Waals surface area contributed by atoms with Gasteiger partial charge in [0.15, 0.2) is 0 Å². The fourth-order valence-corrected chi connectivity index (χ4v) is 2.48. The van der Waals surface area contributed by atoms with Crippen molar-refractivity contribution >= 4 is 5.91 Å². The van der Waals surface area contributed by atoms with Gasteiger partial charge < -0.3 is 9.80 Å². The number of hydrogen-bond donors (Lipinski definition) is 0. The van der Waals surface area contributed by atoms with Gasteiger partial charge in [-0.3, -0.25) is 4.79 Å². The van der Waals surface area contributed by atoms with Crippen LogP contribution in [0.25, 0.3) is 0 Å². The highest BCUT2D eigenvalue weighted by Gasteiger charge is 2.39. The van der Waals surface area contributed by atoms with Gasteiger partial charge in [-0.15, -0.1) is 0 Å². The van der Waals surface area contributed by atoms with Crippen LogP contribution in [-0.4, -0.2) is 48.9 Å². The summed E-state index contributed by atoms with van der Waals surface area (Å²) in [6, 6.07) is 0. The van der Waals surface area contributed by atoms with Crippen molar-refractivity contribution in [3.8, 4) is 0 Å². The molecule has 0 radical (unpaired) electrons. The second kappa shape index (κ2) is 2.73. The molecule has 68 valence electrons. The lowest BCUT2D eigenvalue weighted by molar-refractivity contribution is -0.128. The first-order chi connectivity index (χ1) is 5.66. The summed E-state index contributed by atoms with van der Waals surface area (Å²) in [5.74, 6) is 1.74. The van der Waals surface area contributed by atoms with Gasteiger partial charge in [0.1, 0.15) is 0 Å². The SMILES string of the molecule is CC(=O)N1CC2CN(C)C[C@@H]2C1. The Hall–Kier alpha value is -0.570. The molecule has 0 aromatic rings. The van der Waals surface area contributed by atoms with Crippen LogP contribution in [-0.2, 0) is 4.79 Å². The zero-order valence-corrected chi connectivity index (χ0v) is 7.79. The van der Waals surface area contributed by atoms with Crippen molar-refractivity contribution in [2.75, 3.05) is 33.2 Å². The lowest BCUT2D eigenvalue weighted by Crippen LogP contribution is -2.30. The Kier molecular flexibility index (Phi) is 1.83. The van der Waals surface area contributed by atoms with Crippen LogP contribution in [0.5, 0.6) is 0 Å². The summed E-state index contributed by atoms with van der Waals surface area (Å²) in [4.78, 5) is 15.4. The Labute approximate surface area is 73.3 Å². The zero-order valence-electron chi connectivity index (χ0n) is 7.79. The molecule has 1 amide bonds. The highest BCUT2D eigenvalue weighted by molar-refractivity contribution is 5.73. The monoisotopic (exact) mass is 168 g/mol. The topological polar surface area (TPSA) is 23.6 Å². The number of likely N-dealkylation sites (tertiary alicyclic amines) is 2. The number of nitrogens with zero attached hydrogens (tertiary/aromatic N) is 2. The molecule has 2 atom stereocenters. The lowest BCUT2D eigenvalue weighted by atomic mass is 10.0. The van der Waals surface area contributed by atoms with Gasteiger partial charge in [0, 0.05) is 33.1 Å². The van der Waals surface area contributed by atoms with Crippen LogP contribution in [0.15, 0.2) is 0 Å². The van der Waals surface area contributed by atoms with E-state index in [0.29, 0.717) is 0 Å². The van der Waals surface area contributed by atoms with E-state index in [2.05, 4.69) is 11.9 Å². The third kappa shape index (κ3) is 1.22. The molecular weight excluding hydrogens is 152 g/mol. The van der Waals surface area contributed by atoms with Crippen molar-refractivity contribution in [3.63, 3.8) is 0 Å². The highest BCUT2D eigenvalue weighted by Crippen LogP contribution is 2.29. The number of carbonyl (C=O) groups excluding carboxylic acids is 1. The lowest BCUT2D eigenvalue weighted by Gasteiger charge is -2.17. The predicted octanol–water partition coefficient (Wildman–Crippen LogP) is 0.0263. The van der Waals surface area contributed by atoms with Crippen LogP contribution in [0.2, 0.25) is 0 Å². The first kappa shape index (κ1) is 8.05. The standard InChI is InChI=1S/C9H16N2O/c1-7(12)11-5-8-3-10(2)4-9(8)6-11/h8-9H,3-6H2,1-2H3/t8-,9?/m1/s1. The second-order valence-corrected chi connectivity index (χ2v) is 4.17. The van der Waals surface area contributed by atoms with Gasteiger partial charge in [0.05, 0.1) is 0 Å². The van der Waals surface area contributed by atoms with E-state index in [1.54, 1.807) is 6.92 Å². The van der Waals surface area contributed by atoms with Crippen LogP contribution in [0.1, 0.15) is 6.92 Å². The van der Waals surface area contributed by atoms with Crippen LogP contribution >= 0.6 is 0 Å². The first-order valence-electron chi connectivity index (χ1n) is 4.61. The molecule has 0 aromatic carbocycles. The van der Waals surface area contributed by atoms with Gasteiger partial charge in [-0.1, -0.05) is 0 Å². The van der Waals surface area contributed by atoms with Gasteiger partial charge in [0.25, 0.3) is 0 Å². The summed E-state index contributed by atoms with van der Waals surface area (Å²) in [6.45, 7) is 6.00. The fraction of sp³-hybridized carbons (Fsp3) is 0.889. The van der Waals surface area contributed by atoms with Crippen LogP contribution in [0, 0.1) is 11.8 Å². The van der Waals surface area contributed by atoms with E-state index in [1.165, 1.54) is 13.1 Å². The summed E-state index contributed by atoms with van der Waals surface area (Å²) in [5.41, 5.74) is 0. The summed E-state index contributed by atoms with van der Waals surface area (Å²) in [5, 5.41) is 0. The molecule has 2 aliphatic rings. The number of amides is 1. The maximum Gasteiger partial charge on any atom is 0.219 e. The van der Waals surface area contributed by atoms with E-state index >= 15 is 0 Å². The minimum absolute atomic E-state index is 0.243. The molecule has 3 heteroatoms. The minimum atomic E-state index is 0.243. The number of rotatable bonds is 0. The third-order valence-electron chi connectivity index (χ3n) is 3.11. The van der Waals surface area contributed by atoms with Crippen molar-refractivity contribution in [2.45, 2.75) is 6.92 Å². The number of fused-ring (bicyclic) bond motifs is 1. The molecule has 0 saturated carbocycles. The van der Waals surface area contributed by atoms with Gasteiger partial charge in [-0.05, 0) is 18.9 Å². The molecule has 2 saturated heterocycles. The molecule has 2 heterocycles. The van der Waals surface area contributed by atoms with Crippen molar-refractivity contribution in [1.82, 2.24) is 9.80 Å². The molecule has 0 spiro atoms. The zero-order chi connectivity index (χ0) is 8.72. The van der Waals surface area contributed by atoms with E-state index < -0.39 is 0 Å². The molecule has 3 nitrogen and oxygen atoms in total. The Morgan fingerprint density at radius 1 is 1.17 bits per heavy atom. The van der Waals surface area contributed by atoms with Gasteiger partial charge in [-0.2, -0.15) is 0 Å². The molecule has 1 unspecified atom stereocenters. The molecule has 2 rings (SSSR count). The summed E-state index contributed by atoms with van der Waals surface area (Å²) >= 11 is 0. The summed E-state index contributed by atoms with van der Waals surface area (Å²) < 4.78 is 0. The molecule has 0 N–H and O–H groups in total. The fourth-order valence-electron chi connectivity index (χ4n) is 2.48. The Morgan fingerprint density at radius 3 is 2.08 bits per heavy atom. The first-order valence-corrected chi connectivity index (χ1v) is 4.61. The van der Waals surface area contributed by atoms with E-state index in [-0.39, 0.29) is 5.91 Å². The minimum Gasteiger partial charge on any atom is -0.342 e. The smallest absolute Gasteiger partial charge is 0.219 e. The van der Waals surface area contributed by atoms with E-state index in [0.717, 1.165) is 24.9 Å². The van der Waals surface area contributed by atoms with Gasteiger partial charge in [-0.25, -0.2) is 0 Å². The number of carbonyl (C=O) groups is 1. The normalized spacial score (nSPS) is 35.7. The van der Waals surface area contributed by atoms with Crippen molar-refractivity contribution < 1.29 is 4.79 Å². The summed E-state index contributed by atoms with van der Waals surface area (Å²) in [7, 11) is 2.16. The van der Waals surface area contributed by atoms with Crippen LogP contribution < -0.4 is 0 Å². The quantitative estimate of drug-likeness (QED) is 0.509. The molecular formula is C9H16N2O. The third-order valence-corrected chi connectivity index (χ3v) is 3.11.